The van der Waals surface area contributed by atoms with Crippen LogP contribution >= 0.6 is 0 Å². The Labute approximate surface area is 267 Å². The minimum absolute atomic E-state index is 0.0446. The quantitative estimate of drug-likeness (QED) is 0.163. The number of amides is 3. The largest absolute Gasteiger partial charge is 0.472 e. The normalized spacial score (nSPS) is 14.9. The van der Waals surface area contributed by atoms with Crippen LogP contribution in [-0.4, -0.2) is 75.6 Å². The van der Waals surface area contributed by atoms with Crippen molar-refractivity contribution in [3.63, 3.8) is 0 Å². The lowest BCUT2D eigenvalue weighted by Crippen LogP contribution is -2.50. The first kappa shape index (κ1) is 37.7. The van der Waals surface area contributed by atoms with Crippen LogP contribution in [0.3, 0.4) is 0 Å². The van der Waals surface area contributed by atoms with Crippen molar-refractivity contribution in [2.24, 2.45) is 0 Å². The van der Waals surface area contributed by atoms with E-state index in [0.29, 0.717) is 32.6 Å². The van der Waals surface area contributed by atoms with E-state index >= 15 is 0 Å². The molecule has 1 atom stereocenters. The van der Waals surface area contributed by atoms with Gasteiger partial charge in [0, 0.05) is 26.2 Å². The summed E-state index contributed by atoms with van der Waals surface area (Å²) in [4.78, 5) is 37.8. The number of halogens is 1. The van der Waals surface area contributed by atoms with E-state index in [4.69, 9.17) is 15.2 Å². The third-order valence-electron chi connectivity index (χ3n) is 7.65. The molecule has 1 unspecified atom stereocenters. The second kappa shape index (κ2) is 21.3. The molecule has 10 nitrogen and oxygen atoms in total. The molecule has 0 saturated carbocycles. The summed E-state index contributed by atoms with van der Waals surface area (Å²) < 4.78 is 13.1. The molecule has 3 amide bonds. The Bertz CT molecular complexity index is 1160. The van der Waals surface area contributed by atoms with Gasteiger partial charge >= 0.3 is 13.2 Å². The zero-order valence-corrected chi connectivity index (χ0v) is 26.7. The molecular weight excluding hydrogens is 578 g/mol. The van der Waals surface area contributed by atoms with E-state index in [1.807, 2.05) is 24.3 Å². The highest BCUT2D eigenvalue weighted by atomic mass is 19.1. The number of fused-ring (bicyclic) bond motifs is 1. The lowest BCUT2D eigenvalue weighted by atomic mass is 9.92. The molecule has 1 fully saturated rings. The Morgan fingerprint density at radius 3 is 2.11 bits per heavy atom. The molecule has 248 valence electrons. The summed E-state index contributed by atoms with van der Waals surface area (Å²) in [5.74, 6) is -0.935. The number of benzene rings is 2. The third-order valence-corrected chi connectivity index (χ3v) is 7.65. The fourth-order valence-corrected chi connectivity index (χ4v) is 5.21. The maximum Gasteiger partial charge on any atom is 0.472 e. The first-order chi connectivity index (χ1) is 21.7. The van der Waals surface area contributed by atoms with Crippen LogP contribution in [0.1, 0.15) is 88.3 Å². The molecule has 45 heavy (non-hydrogen) atoms. The van der Waals surface area contributed by atoms with Gasteiger partial charge in [-0.25, -0.2) is 9.18 Å². The van der Waals surface area contributed by atoms with Gasteiger partial charge in [-0.05, 0) is 41.7 Å². The summed E-state index contributed by atoms with van der Waals surface area (Å²) in [6, 6.07) is 13.3. The maximum absolute atomic E-state index is 13.1. The Balaban J connectivity index is 0.000000277. The summed E-state index contributed by atoms with van der Waals surface area (Å²) in [5.41, 5.74) is 2.98. The van der Waals surface area contributed by atoms with Crippen LogP contribution in [0.15, 0.2) is 48.5 Å². The van der Waals surface area contributed by atoms with Crippen LogP contribution < -0.4 is 10.6 Å². The van der Waals surface area contributed by atoms with E-state index in [1.54, 1.807) is 12.1 Å². The van der Waals surface area contributed by atoms with Gasteiger partial charge in [0.1, 0.15) is 11.9 Å². The van der Waals surface area contributed by atoms with E-state index in [-0.39, 0.29) is 30.6 Å². The first-order valence-corrected chi connectivity index (χ1v) is 16.1. The molecule has 2 heterocycles. The van der Waals surface area contributed by atoms with Crippen molar-refractivity contribution in [2.45, 2.75) is 97.3 Å². The SMILES string of the molecule is CCCCCCCCC.O=C(NCB(O)O)C1CCCN1C(=O)CNCc1cccc(F)c1.O=C(O)N1Cc2ccccc2C1. The molecule has 0 spiro atoms. The van der Waals surface area contributed by atoms with Crippen molar-refractivity contribution in [1.82, 2.24) is 20.4 Å². The van der Waals surface area contributed by atoms with Gasteiger partial charge in [-0.1, -0.05) is 95.2 Å². The Morgan fingerprint density at radius 2 is 1.56 bits per heavy atom. The minimum Gasteiger partial charge on any atom is -0.465 e. The van der Waals surface area contributed by atoms with Crippen LogP contribution in [0.4, 0.5) is 9.18 Å². The Kier molecular flexibility index (Phi) is 17.8. The van der Waals surface area contributed by atoms with E-state index in [0.717, 1.165) is 23.1 Å². The predicted octanol–water partition coefficient (Wildman–Crippen LogP) is 4.47. The van der Waals surface area contributed by atoms with E-state index in [1.165, 1.54) is 66.9 Å². The monoisotopic (exact) mass is 628 g/mol. The second-order valence-electron chi connectivity index (χ2n) is 11.4. The van der Waals surface area contributed by atoms with Crippen molar-refractivity contribution in [3.05, 3.63) is 71.0 Å². The van der Waals surface area contributed by atoms with E-state index in [9.17, 15) is 18.8 Å². The number of likely N-dealkylation sites (tertiary alicyclic amines) is 1. The highest BCUT2D eigenvalue weighted by molar-refractivity contribution is 6.41. The smallest absolute Gasteiger partial charge is 0.465 e. The summed E-state index contributed by atoms with van der Waals surface area (Å²) in [7, 11) is -1.62. The zero-order valence-electron chi connectivity index (χ0n) is 26.7. The topological polar surface area (TPSA) is 142 Å². The molecule has 4 rings (SSSR count). The number of hydrogen-bond donors (Lipinski definition) is 5. The summed E-state index contributed by atoms with van der Waals surface area (Å²) in [5, 5.41) is 31.6. The molecule has 12 heteroatoms. The average Bonchev–Trinajstić information content (AvgIpc) is 3.69. The zero-order chi connectivity index (χ0) is 33.0. The molecule has 0 bridgehead atoms. The second-order valence-corrected chi connectivity index (χ2v) is 11.4. The van der Waals surface area contributed by atoms with Gasteiger partial charge in [-0.15, -0.1) is 0 Å². The summed E-state index contributed by atoms with van der Waals surface area (Å²) >= 11 is 0. The third kappa shape index (κ3) is 14.4. The fourth-order valence-electron chi connectivity index (χ4n) is 5.21. The highest BCUT2D eigenvalue weighted by Gasteiger charge is 2.34. The number of unbranched alkanes of at least 4 members (excludes halogenated alkanes) is 6. The van der Waals surface area contributed by atoms with E-state index < -0.39 is 19.3 Å². The number of rotatable bonds is 13. The number of carbonyl (C=O) groups is 3. The lowest BCUT2D eigenvalue weighted by Gasteiger charge is -2.24. The Morgan fingerprint density at radius 1 is 0.933 bits per heavy atom. The van der Waals surface area contributed by atoms with Crippen LogP contribution in [0, 0.1) is 5.82 Å². The fraction of sp³-hybridized carbons (Fsp3) is 0.545. The number of nitrogens with one attached hydrogen (secondary N) is 2. The molecule has 2 aromatic rings. The number of nitrogens with zero attached hydrogens (tertiary/aromatic N) is 2. The van der Waals surface area contributed by atoms with Crippen molar-refractivity contribution < 1.29 is 33.9 Å². The maximum atomic E-state index is 13.1. The number of hydrogen-bond acceptors (Lipinski definition) is 6. The standard InChI is InChI=1S/C15H21BFN3O4.C9H9NO2.C9H20/c17-12-4-1-3-11(7-12)8-18-9-14(21)20-6-2-5-13(20)15(22)19-10-16(23)24;11-9(12)10-5-7-3-1-2-4-8(7)6-10;1-3-5-7-9-8-6-4-2/h1,3-4,7,13,18,23-24H,2,5-6,8-10H2,(H,19,22);1-4H,5-6H2,(H,11,12);3-9H2,1-2H3. The van der Waals surface area contributed by atoms with Crippen molar-refractivity contribution in [3.8, 4) is 0 Å². The number of carbonyl (C=O) groups excluding carboxylic acids is 2. The van der Waals surface area contributed by atoms with Crippen molar-refractivity contribution in [2.75, 3.05) is 19.5 Å². The molecule has 2 aliphatic heterocycles. The molecule has 0 aliphatic carbocycles. The van der Waals surface area contributed by atoms with Gasteiger partial charge in [0.25, 0.3) is 0 Å². The Hall–Kier alpha value is -3.48. The molecule has 2 aromatic carbocycles. The van der Waals surface area contributed by atoms with Crippen LogP contribution in [-0.2, 0) is 29.2 Å². The van der Waals surface area contributed by atoms with Gasteiger partial charge in [-0.3, -0.25) is 14.5 Å². The van der Waals surface area contributed by atoms with E-state index in [2.05, 4.69) is 24.5 Å². The predicted molar refractivity (Wildman–Crippen MR) is 173 cm³/mol. The van der Waals surface area contributed by atoms with Crippen LogP contribution in [0.2, 0.25) is 0 Å². The molecular formula is C33H50BFN4O6. The highest BCUT2D eigenvalue weighted by Crippen LogP contribution is 2.21. The van der Waals surface area contributed by atoms with Gasteiger partial charge < -0.3 is 30.7 Å². The summed E-state index contributed by atoms with van der Waals surface area (Å²) in [6.07, 6.45) is 10.1. The van der Waals surface area contributed by atoms with Gasteiger partial charge in [0.2, 0.25) is 11.8 Å². The van der Waals surface area contributed by atoms with Gasteiger partial charge in [0.05, 0.1) is 13.0 Å². The van der Waals surface area contributed by atoms with Crippen LogP contribution in [0.5, 0.6) is 0 Å². The molecule has 0 aromatic heterocycles. The molecule has 5 N–H and O–H groups in total. The van der Waals surface area contributed by atoms with Crippen LogP contribution in [0.25, 0.3) is 0 Å². The number of carboxylic acid groups (broad SMARTS) is 1. The average molecular weight is 629 g/mol. The molecule has 0 radical (unpaired) electrons. The van der Waals surface area contributed by atoms with Gasteiger partial charge in [-0.2, -0.15) is 0 Å². The minimum atomic E-state index is -1.62. The molecule has 2 aliphatic rings. The summed E-state index contributed by atoms with van der Waals surface area (Å²) in [6.45, 7) is 6.48. The lowest BCUT2D eigenvalue weighted by molar-refractivity contribution is -0.137. The molecule has 1 saturated heterocycles. The van der Waals surface area contributed by atoms with Crippen molar-refractivity contribution >= 4 is 25.0 Å². The first-order valence-electron chi connectivity index (χ1n) is 16.1. The van der Waals surface area contributed by atoms with Gasteiger partial charge in [0.15, 0.2) is 0 Å². The van der Waals surface area contributed by atoms with Crippen molar-refractivity contribution in [1.29, 1.82) is 0 Å².